The van der Waals surface area contributed by atoms with Crippen LogP contribution in [-0.2, 0) is 37.3 Å². The standard InChI is InChI=1S/C19H16O.C13H10.ClH.Zr/c20-12-19-16(13-5-1-2-6-13)9-10-17-15-8-4-3-7-14(15)11-18(17)19;1-3-7-12(8-4-1)11-13-9-5-2-6-10-13;;/h1-5,7-10,20H,6,11-12H2;1-10H;1H;/p-1. The van der Waals surface area contributed by atoms with Gasteiger partial charge in [-0.25, -0.2) is 0 Å². The van der Waals surface area contributed by atoms with Crippen molar-refractivity contribution in [3.63, 3.8) is 0 Å². The number of hydrogen-bond acceptors (Lipinski definition) is 1. The van der Waals surface area contributed by atoms with Crippen LogP contribution in [0, 0.1) is 0 Å². The van der Waals surface area contributed by atoms with Gasteiger partial charge in [0.05, 0.1) is 6.61 Å². The normalized spacial score (nSPS) is 12.5. The summed E-state index contributed by atoms with van der Waals surface area (Å²) in [5, 5.41) is 9.87. The van der Waals surface area contributed by atoms with Crippen LogP contribution in [0.2, 0.25) is 0 Å². The summed E-state index contributed by atoms with van der Waals surface area (Å²) in [6.45, 7) is 0.115. The number of fused-ring (bicyclic) bond motifs is 3. The summed E-state index contributed by atoms with van der Waals surface area (Å²) in [7, 11) is 0. The van der Waals surface area contributed by atoms with E-state index >= 15 is 0 Å². The fourth-order valence-electron chi connectivity index (χ4n) is 4.78. The van der Waals surface area contributed by atoms with Crippen molar-refractivity contribution in [3.05, 3.63) is 149 Å². The Kier molecular flexibility index (Phi) is 8.63. The number of hydrogen-bond donors (Lipinski definition) is 1. The quantitative estimate of drug-likeness (QED) is 0.358. The number of benzene rings is 4. The van der Waals surface area contributed by atoms with Gasteiger partial charge in [0, 0.05) is 0 Å². The van der Waals surface area contributed by atoms with Gasteiger partial charge in [0.1, 0.15) is 0 Å². The zero-order valence-electron chi connectivity index (χ0n) is 19.4. The third-order valence-corrected chi connectivity index (χ3v) is 7.93. The fraction of sp³-hybridized carbons (Fsp3) is 0.0938. The predicted molar refractivity (Wildman–Crippen MR) is 138 cm³/mol. The van der Waals surface area contributed by atoms with E-state index in [-0.39, 0.29) is 19.0 Å². The number of aliphatic hydroxyl groups is 1. The minimum atomic E-state index is 0. The maximum atomic E-state index is 9.87. The fourth-order valence-corrected chi connectivity index (χ4v) is 5.60. The van der Waals surface area contributed by atoms with E-state index < -0.39 is 0 Å². The molecule has 0 radical (unpaired) electrons. The topological polar surface area (TPSA) is 20.2 Å². The van der Waals surface area contributed by atoms with Gasteiger partial charge >= 0.3 is 99.2 Å². The first kappa shape index (κ1) is 25.5. The predicted octanol–water partition coefficient (Wildman–Crippen LogP) is 3.90. The molecular formula is C32H26ClOZr-. The number of aliphatic hydroxyl groups excluding tert-OH is 1. The minimum absolute atomic E-state index is 0. The zero-order chi connectivity index (χ0) is 23.3. The number of rotatable bonds is 4. The van der Waals surface area contributed by atoms with Gasteiger partial charge in [-0.1, -0.05) is 54.6 Å². The van der Waals surface area contributed by atoms with Crippen molar-refractivity contribution in [1.29, 1.82) is 0 Å². The molecule has 1 N–H and O–H groups in total. The van der Waals surface area contributed by atoms with E-state index in [2.05, 4.69) is 115 Å². The molecule has 0 amide bonds. The van der Waals surface area contributed by atoms with Crippen LogP contribution in [0.3, 0.4) is 0 Å². The van der Waals surface area contributed by atoms with Crippen LogP contribution in [-0.4, -0.2) is 8.31 Å². The van der Waals surface area contributed by atoms with Crippen LogP contribution < -0.4 is 12.4 Å². The first-order chi connectivity index (χ1) is 16.8. The van der Waals surface area contributed by atoms with Gasteiger partial charge in [-0.3, -0.25) is 0 Å². The Morgan fingerprint density at radius 2 is 1.31 bits per heavy atom. The van der Waals surface area contributed by atoms with Gasteiger partial charge in [-0.05, 0) is 51.8 Å². The van der Waals surface area contributed by atoms with E-state index in [9.17, 15) is 5.11 Å². The molecule has 0 saturated carbocycles. The van der Waals surface area contributed by atoms with Crippen molar-refractivity contribution >= 4 is 8.78 Å². The third kappa shape index (κ3) is 5.46. The number of halogens is 1. The molecule has 3 heteroatoms. The molecule has 0 fully saturated rings. The first-order valence-corrected chi connectivity index (χ1v) is 12.9. The molecule has 0 aliphatic heterocycles. The molecule has 0 saturated heterocycles. The second-order valence-electron chi connectivity index (χ2n) is 8.54. The molecule has 35 heavy (non-hydrogen) atoms. The second-order valence-corrected chi connectivity index (χ2v) is 9.77. The van der Waals surface area contributed by atoms with Gasteiger partial charge in [-0.15, -0.1) is 0 Å². The Balaban J connectivity index is 0.000000171. The summed E-state index contributed by atoms with van der Waals surface area (Å²) in [6, 6.07) is 34.0. The van der Waals surface area contributed by atoms with Crippen LogP contribution >= 0.6 is 0 Å². The van der Waals surface area contributed by atoms with Gasteiger partial charge in [-0.2, -0.15) is 0 Å². The molecule has 0 atom stereocenters. The number of allylic oxidation sites excluding steroid dienone is 4. The van der Waals surface area contributed by atoms with Crippen LogP contribution in [0.25, 0.3) is 16.7 Å². The molecule has 4 aromatic carbocycles. The van der Waals surface area contributed by atoms with Crippen molar-refractivity contribution in [3.8, 4) is 11.1 Å². The SMILES string of the molecule is OCc1c(C2=CC=CC2)ccc2c1Cc1ccccc1-2.[Cl-].[Zr]=[C](c1ccccc1)c1ccccc1. The van der Waals surface area contributed by atoms with E-state index in [1.807, 2.05) is 0 Å². The van der Waals surface area contributed by atoms with Crippen LogP contribution in [0.4, 0.5) is 0 Å². The Morgan fingerprint density at radius 1 is 0.714 bits per heavy atom. The molecule has 1 nitrogen and oxygen atoms in total. The molecule has 172 valence electrons. The van der Waals surface area contributed by atoms with Gasteiger partial charge in [0.2, 0.25) is 0 Å². The Morgan fingerprint density at radius 3 is 1.91 bits per heavy atom. The van der Waals surface area contributed by atoms with E-state index in [0.29, 0.717) is 0 Å². The molecule has 2 aliphatic carbocycles. The summed E-state index contributed by atoms with van der Waals surface area (Å²) in [5.41, 5.74) is 11.6. The molecule has 0 spiro atoms. The summed E-state index contributed by atoms with van der Waals surface area (Å²) in [6.07, 6.45) is 8.33. The summed E-state index contributed by atoms with van der Waals surface area (Å²) >= 11 is 1.46. The molecule has 0 unspecified atom stereocenters. The Bertz CT molecular complexity index is 1350. The first-order valence-electron chi connectivity index (χ1n) is 11.7. The molecule has 2 aliphatic rings. The summed E-state index contributed by atoms with van der Waals surface area (Å²) in [4.78, 5) is 0. The molecular weight excluding hydrogens is 527 g/mol. The van der Waals surface area contributed by atoms with E-state index in [4.69, 9.17) is 0 Å². The van der Waals surface area contributed by atoms with Gasteiger partial charge < -0.3 is 17.5 Å². The maximum absolute atomic E-state index is 9.87. The average molecular weight is 553 g/mol. The summed E-state index contributed by atoms with van der Waals surface area (Å²) < 4.78 is 1.42. The molecule has 4 aromatic rings. The molecule has 0 aromatic heterocycles. The van der Waals surface area contributed by atoms with Crippen molar-refractivity contribution in [2.75, 3.05) is 0 Å². The molecule has 0 bridgehead atoms. The zero-order valence-corrected chi connectivity index (χ0v) is 22.6. The van der Waals surface area contributed by atoms with Crippen molar-refractivity contribution < 1.29 is 41.7 Å². The van der Waals surface area contributed by atoms with Crippen LogP contribution in [0.15, 0.2) is 115 Å². The second kappa shape index (κ2) is 11.9. The average Bonchev–Trinajstić information content (AvgIpc) is 3.57. The van der Waals surface area contributed by atoms with Gasteiger partial charge in [0.25, 0.3) is 0 Å². The monoisotopic (exact) mass is 551 g/mol. The van der Waals surface area contributed by atoms with Crippen molar-refractivity contribution in [2.45, 2.75) is 19.4 Å². The van der Waals surface area contributed by atoms with E-state index in [0.717, 1.165) is 18.4 Å². The van der Waals surface area contributed by atoms with Crippen LogP contribution in [0.5, 0.6) is 0 Å². The van der Waals surface area contributed by atoms with Crippen molar-refractivity contribution in [1.82, 2.24) is 0 Å². The van der Waals surface area contributed by atoms with Gasteiger partial charge in [0.15, 0.2) is 0 Å². The Labute approximate surface area is 228 Å². The molecule has 0 heterocycles. The Hall–Kier alpha value is -2.64. The van der Waals surface area contributed by atoms with Crippen LogP contribution in [0.1, 0.15) is 39.8 Å². The summed E-state index contributed by atoms with van der Waals surface area (Å²) in [5.74, 6) is 0. The van der Waals surface area contributed by atoms with Crippen molar-refractivity contribution in [2.24, 2.45) is 0 Å². The van der Waals surface area contributed by atoms with E-state index in [1.165, 1.54) is 72.0 Å². The third-order valence-electron chi connectivity index (χ3n) is 6.51. The molecule has 6 rings (SSSR count). The van der Waals surface area contributed by atoms with E-state index in [1.54, 1.807) is 0 Å².